The maximum Gasteiger partial charge on any atom is 0.200 e. The lowest BCUT2D eigenvalue weighted by Crippen LogP contribution is -2.81. The summed E-state index contributed by atoms with van der Waals surface area (Å²) in [5.41, 5.74) is -14.3. The smallest absolute Gasteiger partial charge is 0.200 e. The van der Waals surface area contributed by atoms with Gasteiger partial charge in [-0.1, -0.05) is 19.7 Å². The molecule has 4 rings (SSSR count). The Morgan fingerprint density at radius 3 is 0.527 bits per heavy atom. The standard InChI is InChI=1S/C24BF20.C9H15S/c26-5-1(6(27)14(35)21(42)13(5)34)25(2-7(28)15(36)22(43)16(37)8(2)29,3-9(30)17(38)23(44)18(39)10(3)31)4-11(32)19(40)24(45)20(41)12(4)33;1-4-7-10(8-5-2)9-6-3/h;4-6H,1-3,7-9H2/q-1;+1. The van der Waals surface area contributed by atoms with E-state index in [-0.39, 0.29) is 0 Å². The normalized spacial score (nSPS) is 11.5. The molecule has 0 bridgehead atoms. The van der Waals surface area contributed by atoms with Crippen molar-refractivity contribution in [3.8, 4) is 0 Å². The van der Waals surface area contributed by atoms with Gasteiger partial charge in [0.1, 0.15) is 69.9 Å². The van der Waals surface area contributed by atoms with Crippen molar-refractivity contribution in [1.29, 1.82) is 0 Å². The van der Waals surface area contributed by atoms with Crippen LogP contribution in [0.3, 0.4) is 0 Å². The lowest BCUT2D eigenvalue weighted by atomic mass is 9.12. The zero-order valence-corrected chi connectivity index (χ0v) is 27.3. The van der Waals surface area contributed by atoms with E-state index in [2.05, 4.69) is 19.7 Å². The molecule has 0 saturated heterocycles. The van der Waals surface area contributed by atoms with Crippen molar-refractivity contribution < 1.29 is 87.8 Å². The van der Waals surface area contributed by atoms with Gasteiger partial charge in [0.2, 0.25) is 0 Å². The van der Waals surface area contributed by atoms with Crippen LogP contribution in [0.1, 0.15) is 0 Å². The summed E-state index contributed by atoms with van der Waals surface area (Å²) in [6.45, 7) is 11.1. The molecule has 296 valence electrons. The molecule has 0 atom stereocenters. The summed E-state index contributed by atoms with van der Waals surface area (Å²) in [4.78, 5) is 0. The van der Waals surface area contributed by atoms with E-state index in [1.807, 2.05) is 18.2 Å². The summed E-state index contributed by atoms with van der Waals surface area (Å²) in [5, 5.41) is 0. The second kappa shape index (κ2) is 16.9. The third-order valence-corrected chi connectivity index (χ3v) is 9.89. The minimum absolute atomic E-state index is 0.421. The maximum atomic E-state index is 15.4. The van der Waals surface area contributed by atoms with Crippen molar-refractivity contribution in [2.24, 2.45) is 0 Å². The van der Waals surface area contributed by atoms with Gasteiger partial charge < -0.3 is 0 Å². The monoisotopic (exact) mass is 834 g/mol. The Morgan fingerprint density at radius 2 is 0.400 bits per heavy atom. The van der Waals surface area contributed by atoms with E-state index in [1.54, 1.807) is 0 Å². The third-order valence-electron chi connectivity index (χ3n) is 7.77. The summed E-state index contributed by atoms with van der Waals surface area (Å²) < 4.78 is 294. The Labute approximate surface area is 298 Å². The van der Waals surface area contributed by atoms with E-state index in [0.717, 1.165) is 17.3 Å². The molecule has 0 amide bonds. The highest BCUT2D eigenvalue weighted by atomic mass is 32.2. The minimum Gasteiger partial charge on any atom is -0.207 e. The van der Waals surface area contributed by atoms with Gasteiger partial charge in [0.25, 0.3) is 0 Å². The SMILES string of the molecule is C=CC[S+](CC=C)CC=C.Fc1c(F)c(F)c([B-](c2c(F)c(F)c(F)c(F)c2F)(c2c(F)c(F)c(F)c(F)c2F)c2c(F)c(F)c(F)c(F)c2F)c(F)c1F. The molecular weight excluding hydrogens is 819 g/mol. The van der Waals surface area contributed by atoms with Crippen LogP contribution in [0.25, 0.3) is 0 Å². The van der Waals surface area contributed by atoms with Crippen molar-refractivity contribution in [1.82, 2.24) is 0 Å². The molecule has 0 radical (unpaired) electrons. The molecule has 0 unspecified atom stereocenters. The number of benzene rings is 4. The zero-order valence-electron chi connectivity index (χ0n) is 26.5. The Balaban J connectivity index is 0.000000712. The molecule has 4 aromatic carbocycles. The van der Waals surface area contributed by atoms with Crippen LogP contribution in [-0.2, 0) is 10.9 Å². The van der Waals surface area contributed by atoms with E-state index in [1.165, 1.54) is 0 Å². The van der Waals surface area contributed by atoms with Crippen LogP contribution in [0, 0.1) is 116 Å². The second-order valence-electron chi connectivity index (χ2n) is 10.8. The molecule has 0 heterocycles. The van der Waals surface area contributed by atoms with Gasteiger partial charge in [-0.3, -0.25) is 0 Å². The van der Waals surface area contributed by atoms with Crippen LogP contribution in [0.15, 0.2) is 38.0 Å². The van der Waals surface area contributed by atoms with Crippen molar-refractivity contribution in [2.75, 3.05) is 17.3 Å². The third kappa shape index (κ3) is 7.08. The Hall–Kier alpha value is -4.89. The molecule has 0 aliphatic carbocycles. The number of hydrogen-bond acceptors (Lipinski definition) is 0. The lowest BCUT2D eigenvalue weighted by molar-refractivity contribution is 0.378. The predicted molar refractivity (Wildman–Crippen MR) is 162 cm³/mol. The predicted octanol–water partition coefficient (Wildman–Crippen LogP) is 8.01. The largest absolute Gasteiger partial charge is 0.207 e. The maximum absolute atomic E-state index is 15.4. The molecule has 0 aromatic heterocycles. The van der Waals surface area contributed by atoms with Gasteiger partial charge in [0.15, 0.2) is 69.8 Å². The van der Waals surface area contributed by atoms with Gasteiger partial charge in [-0.25, -0.2) is 87.8 Å². The fourth-order valence-electron chi connectivity index (χ4n) is 5.58. The fourth-order valence-corrected chi connectivity index (χ4v) is 6.99. The van der Waals surface area contributed by atoms with Gasteiger partial charge in [-0.2, -0.15) is 0 Å². The Morgan fingerprint density at radius 1 is 0.273 bits per heavy atom. The molecule has 0 aliphatic rings. The van der Waals surface area contributed by atoms with Gasteiger partial charge in [0, 0.05) is 0 Å². The first-order valence-electron chi connectivity index (χ1n) is 14.2. The summed E-state index contributed by atoms with van der Waals surface area (Å²) in [6, 6.07) is 0. The molecule has 22 heteroatoms. The molecule has 0 fully saturated rings. The van der Waals surface area contributed by atoms with E-state index < -0.39 is 144 Å². The Bertz CT molecular complexity index is 1810. The van der Waals surface area contributed by atoms with Crippen molar-refractivity contribution in [2.45, 2.75) is 0 Å². The molecule has 0 spiro atoms. The molecule has 55 heavy (non-hydrogen) atoms. The van der Waals surface area contributed by atoms with Crippen LogP contribution in [-0.4, -0.2) is 23.4 Å². The highest BCUT2D eigenvalue weighted by molar-refractivity contribution is 7.97. The van der Waals surface area contributed by atoms with Crippen LogP contribution in [0.4, 0.5) is 87.8 Å². The first-order valence-corrected chi connectivity index (χ1v) is 16.0. The van der Waals surface area contributed by atoms with Gasteiger partial charge in [-0.05, 0) is 29.1 Å². The van der Waals surface area contributed by atoms with Crippen LogP contribution >= 0.6 is 0 Å². The van der Waals surface area contributed by atoms with Gasteiger partial charge >= 0.3 is 0 Å². The zero-order chi connectivity index (χ0) is 42.2. The second-order valence-corrected chi connectivity index (χ2v) is 13.0. The van der Waals surface area contributed by atoms with E-state index >= 15 is 35.1 Å². The molecular formula is C33H15BF20S. The summed E-state index contributed by atoms with van der Waals surface area (Å²) in [5.74, 6) is -68.1. The molecule has 0 nitrogen and oxygen atoms in total. The van der Waals surface area contributed by atoms with E-state index in [0.29, 0.717) is 10.9 Å². The number of halogens is 20. The van der Waals surface area contributed by atoms with Crippen molar-refractivity contribution >= 4 is 38.9 Å². The highest BCUT2D eigenvalue weighted by Gasteiger charge is 2.52. The lowest BCUT2D eigenvalue weighted by Gasteiger charge is -2.44. The first kappa shape index (κ1) is 44.5. The Kier molecular flexibility index (Phi) is 13.6. The average molecular weight is 834 g/mol. The minimum atomic E-state index is -7.22. The van der Waals surface area contributed by atoms with Gasteiger partial charge in [-0.15, -0.1) is 21.9 Å². The van der Waals surface area contributed by atoms with Crippen LogP contribution in [0.5, 0.6) is 0 Å². The van der Waals surface area contributed by atoms with Crippen molar-refractivity contribution in [3.63, 3.8) is 0 Å². The topological polar surface area (TPSA) is 0 Å². The van der Waals surface area contributed by atoms with E-state index in [4.69, 9.17) is 0 Å². The van der Waals surface area contributed by atoms with Crippen molar-refractivity contribution in [3.05, 3.63) is 154 Å². The van der Waals surface area contributed by atoms with Gasteiger partial charge in [0.05, 0.1) is 0 Å². The quantitative estimate of drug-likeness (QED) is 0.0380. The number of hydrogen-bond donors (Lipinski definition) is 0. The first-order chi connectivity index (χ1) is 25.5. The molecule has 4 aromatic rings. The van der Waals surface area contributed by atoms with E-state index in [9.17, 15) is 52.7 Å². The summed E-state index contributed by atoms with van der Waals surface area (Å²) in [7, 11) is 0.421. The molecule has 0 saturated carbocycles. The summed E-state index contributed by atoms with van der Waals surface area (Å²) in [6.07, 6.45) is -1.31. The average Bonchev–Trinajstić information content (AvgIpc) is 3.15. The molecule has 0 aliphatic heterocycles. The summed E-state index contributed by atoms with van der Waals surface area (Å²) >= 11 is 0. The highest BCUT2D eigenvalue weighted by Crippen LogP contribution is 2.30. The number of rotatable bonds is 10. The molecule has 0 N–H and O–H groups in total. The fraction of sp³-hybridized carbons (Fsp3) is 0.0909. The van der Waals surface area contributed by atoms with Crippen LogP contribution in [0.2, 0.25) is 0 Å². The van der Waals surface area contributed by atoms with Crippen LogP contribution < -0.4 is 21.9 Å².